The molecule has 1 saturated carbocycles. The molecule has 2 atom stereocenters. The standard InChI is InChI=1S/C27H32N2O5/c1-4-29(17(2)25(31)32)24(30)15-27(3,18-13-14-18)28-26(33)34-16-23-21-11-7-5-9-19(21)20-10-6-8-12-22(20)23/h5-12,17-18,23H,4,13-16H2,1-3H3,(H,28,33)(H,31,32). The first-order valence-corrected chi connectivity index (χ1v) is 11.9. The maximum atomic E-state index is 13.0. The fourth-order valence-electron chi connectivity index (χ4n) is 5.09. The van der Waals surface area contributed by atoms with Crippen LogP contribution in [-0.4, -0.2) is 52.7 Å². The number of aliphatic carboxylic acids is 1. The van der Waals surface area contributed by atoms with Crippen molar-refractivity contribution >= 4 is 18.0 Å². The van der Waals surface area contributed by atoms with Crippen molar-refractivity contribution in [2.75, 3.05) is 13.2 Å². The minimum Gasteiger partial charge on any atom is -0.480 e. The zero-order valence-corrected chi connectivity index (χ0v) is 19.9. The molecule has 2 unspecified atom stereocenters. The molecule has 7 nitrogen and oxygen atoms in total. The minimum absolute atomic E-state index is 0.0350. The lowest BCUT2D eigenvalue weighted by atomic mass is 9.90. The molecule has 34 heavy (non-hydrogen) atoms. The molecule has 2 N–H and O–H groups in total. The Kier molecular flexibility index (Phi) is 6.64. The number of alkyl carbamates (subject to hydrolysis) is 1. The third kappa shape index (κ3) is 4.65. The van der Waals surface area contributed by atoms with Crippen LogP contribution in [0.25, 0.3) is 11.1 Å². The van der Waals surface area contributed by atoms with Crippen LogP contribution < -0.4 is 5.32 Å². The van der Waals surface area contributed by atoms with E-state index in [4.69, 9.17) is 4.74 Å². The van der Waals surface area contributed by atoms with Crippen LogP contribution in [0, 0.1) is 5.92 Å². The summed E-state index contributed by atoms with van der Waals surface area (Å²) >= 11 is 0. The lowest BCUT2D eigenvalue weighted by Crippen LogP contribution is -2.53. The summed E-state index contributed by atoms with van der Waals surface area (Å²) in [6, 6.07) is 15.4. The number of nitrogens with one attached hydrogen (secondary N) is 1. The van der Waals surface area contributed by atoms with E-state index in [1.165, 1.54) is 11.8 Å². The van der Waals surface area contributed by atoms with Crippen LogP contribution in [0.5, 0.6) is 0 Å². The van der Waals surface area contributed by atoms with Crippen LogP contribution in [-0.2, 0) is 14.3 Å². The fourth-order valence-corrected chi connectivity index (χ4v) is 5.09. The zero-order chi connectivity index (χ0) is 24.5. The van der Waals surface area contributed by atoms with Crippen LogP contribution in [0.3, 0.4) is 0 Å². The number of hydrogen-bond acceptors (Lipinski definition) is 4. The Morgan fingerprint density at radius 1 is 1.09 bits per heavy atom. The van der Waals surface area contributed by atoms with Crippen LogP contribution in [0.15, 0.2) is 48.5 Å². The van der Waals surface area contributed by atoms with Crippen molar-refractivity contribution in [2.45, 2.75) is 57.5 Å². The highest BCUT2D eigenvalue weighted by Crippen LogP contribution is 2.45. The summed E-state index contributed by atoms with van der Waals surface area (Å²) in [6.07, 6.45) is 1.30. The van der Waals surface area contributed by atoms with Gasteiger partial charge in [0.15, 0.2) is 0 Å². The molecule has 2 aromatic rings. The predicted octanol–water partition coefficient (Wildman–Crippen LogP) is 4.41. The van der Waals surface area contributed by atoms with E-state index in [-0.39, 0.29) is 37.3 Å². The predicted molar refractivity (Wildman–Crippen MR) is 128 cm³/mol. The van der Waals surface area contributed by atoms with Crippen molar-refractivity contribution in [3.63, 3.8) is 0 Å². The lowest BCUT2D eigenvalue weighted by molar-refractivity contribution is -0.150. The monoisotopic (exact) mass is 464 g/mol. The van der Waals surface area contributed by atoms with Gasteiger partial charge in [0.1, 0.15) is 12.6 Å². The highest BCUT2D eigenvalue weighted by molar-refractivity contribution is 5.84. The molecule has 180 valence electrons. The molecule has 0 spiro atoms. The number of nitrogens with zero attached hydrogens (tertiary/aromatic N) is 1. The van der Waals surface area contributed by atoms with E-state index in [1.54, 1.807) is 6.92 Å². The minimum atomic E-state index is -1.05. The second-order valence-electron chi connectivity index (χ2n) is 9.51. The van der Waals surface area contributed by atoms with Gasteiger partial charge in [-0.1, -0.05) is 48.5 Å². The first kappa shape index (κ1) is 23.8. The number of hydrogen-bond donors (Lipinski definition) is 2. The first-order valence-electron chi connectivity index (χ1n) is 11.9. The van der Waals surface area contributed by atoms with E-state index in [1.807, 2.05) is 31.2 Å². The maximum Gasteiger partial charge on any atom is 0.407 e. The summed E-state index contributed by atoms with van der Waals surface area (Å²) in [7, 11) is 0. The van der Waals surface area contributed by atoms with Gasteiger partial charge in [0.05, 0.1) is 12.0 Å². The number of ether oxygens (including phenoxy) is 1. The number of carboxylic acid groups (broad SMARTS) is 1. The molecular weight excluding hydrogens is 432 g/mol. The molecular formula is C27H32N2O5. The van der Waals surface area contributed by atoms with Crippen molar-refractivity contribution in [3.05, 3.63) is 59.7 Å². The topological polar surface area (TPSA) is 95.9 Å². The molecule has 0 bridgehead atoms. The van der Waals surface area contributed by atoms with Crippen molar-refractivity contribution in [3.8, 4) is 11.1 Å². The van der Waals surface area contributed by atoms with Gasteiger partial charge in [0, 0.05) is 12.5 Å². The van der Waals surface area contributed by atoms with Gasteiger partial charge in [-0.15, -0.1) is 0 Å². The summed E-state index contributed by atoms with van der Waals surface area (Å²) < 4.78 is 5.70. The average Bonchev–Trinajstić information content (AvgIpc) is 3.62. The summed E-state index contributed by atoms with van der Waals surface area (Å²) in [5, 5.41) is 12.3. The van der Waals surface area contributed by atoms with Gasteiger partial charge >= 0.3 is 12.1 Å². The highest BCUT2D eigenvalue weighted by atomic mass is 16.5. The smallest absolute Gasteiger partial charge is 0.407 e. The highest BCUT2D eigenvalue weighted by Gasteiger charge is 2.45. The number of carbonyl (C=O) groups is 3. The number of amides is 2. The van der Waals surface area contributed by atoms with Gasteiger partial charge in [-0.05, 0) is 61.8 Å². The largest absolute Gasteiger partial charge is 0.480 e. The van der Waals surface area contributed by atoms with Crippen LogP contribution in [0.4, 0.5) is 4.79 Å². The van der Waals surface area contributed by atoms with E-state index in [0.29, 0.717) is 0 Å². The first-order chi connectivity index (χ1) is 16.2. The quantitative estimate of drug-likeness (QED) is 0.573. The van der Waals surface area contributed by atoms with Crippen LogP contribution >= 0.6 is 0 Å². The van der Waals surface area contributed by atoms with Gasteiger partial charge < -0.3 is 20.1 Å². The molecule has 2 aromatic carbocycles. The van der Waals surface area contributed by atoms with Crippen molar-refractivity contribution < 1.29 is 24.2 Å². The van der Waals surface area contributed by atoms with E-state index in [9.17, 15) is 19.5 Å². The maximum absolute atomic E-state index is 13.0. The third-order valence-corrected chi connectivity index (χ3v) is 7.21. The van der Waals surface area contributed by atoms with Gasteiger partial charge in [-0.25, -0.2) is 9.59 Å². The van der Waals surface area contributed by atoms with Crippen LogP contribution in [0.1, 0.15) is 57.1 Å². The Morgan fingerprint density at radius 2 is 1.65 bits per heavy atom. The number of rotatable bonds is 9. The van der Waals surface area contributed by atoms with E-state index < -0.39 is 23.6 Å². The molecule has 2 aliphatic carbocycles. The number of likely N-dealkylation sites (N-methyl/N-ethyl adjacent to an activating group) is 1. The van der Waals surface area contributed by atoms with Gasteiger partial charge in [-0.3, -0.25) is 4.79 Å². The molecule has 0 radical (unpaired) electrons. The summed E-state index contributed by atoms with van der Waals surface area (Å²) in [5.74, 6) is -1.21. The Bertz CT molecular complexity index is 1050. The molecule has 2 aliphatic rings. The van der Waals surface area contributed by atoms with Crippen LogP contribution in [0.2, 0.25) is 0 Å². The molecule has 7 heteroatoms. The second-order valence-corrected chi connectivity index (χ2v) is 9.51. The van der Waals surface area contributed by atoms with E-state index in [2.05, 4.69) is 29.6 Å². The summed E-state index contributed by atoms with van der Waals surface area (Å²) in [5.41, 5.74) is 3.81. The van der Waals surface area contributed by atoms with Gasteiger partial charge in [-0.2, -0.15) is 0 Å². The Hall–Kier alpha value is -3.35. The van der Waals surface area contributed by atoms with Gasteiger partial charge in [0.25, 0.3) is 0 Å². The molecule has 2 amide bonds. The number of fused-ring (bicyclic) bond motifs is 3. The summed E-state index contributed by atoms with van der Waals surface area (Å²) in [4.78, 5) is 38.6. The van der Waals surface area contributed by atoms with Gasteiger partial charge in [0.2, 0.25) is 5.91 Å². The lowest BCUT2D eigenvalue weighted by Gasteiger charge is -2.34. The zero-order valence-electron chi connectivity index (χ0n) is 19.9. The number of benzene rings is 2. The average molecular weight is 465 g/mol. The molecule has 0 aliphatic heterocycles. The van der Waals surface area contributed by atoms with Crippen molar-refractivity contribution in [1.82, 2.24) is 10.2 Å². The second kappa shape index (κ2) is 9.49. The normalized spacial score (nSPS) is 17.1. The third-order valence-electron chi connectivity index (χ3n) is 7.21. The Morgan fingerprint density at radius 3 is 2.15 bits per heavy atom. The van der Waals surface area contributed by atoms with Crippen molar-refractivity contribution in [2.24, 2.45) is 5.92 Å². The fraction of sp³-hybridized carbons (Fsp3) is 0.444. The molecule has 0 aromatic heterocycles. The van der Waals surface area contributed by atoms with E-state index in [0.717, 1.165) is 35.1 Å². The Balaban J connectivity index is 1.43. The molecule has 4 rings (SSSR count). The number of carboxylic acids is 1. The SMILES string of the molecule is CCN(C(=O)CC(C)(NC(=O)OCC1c2ccccc2-c2ccccc21)C1CC1)C(C)C(=O)O. The molecule has 0 saturated heterocycles. The van der Waals surface area contributed by atoms with Crippen molar-refractivity contribution in [1.29, 1.82) is 0 Å². The summed E-state index contributed by atoms with van der Waals surface area (Å²) in [6.45, 7) is 5.59. The van der Waals surface area contributed by atoms with E-state index >= 15 is 0 Å². The number of carbonyl (C=O) groups excluding carboxylic acids is 2. The molecule has 0 heterocycles. The Labute approximate surface area is 200 Å². The molecule has 1 fully saturated rings.